The van der Waals surface area contributed by atoms with E-state index >= 15 is 0 Å². The minimum absolute atomic E-state index is 0.0369. The molecule has 1 amide bonds. The van der Waals surface area contributed by atoms with Crippen molar-refractivity contribution in [2.75, 3.05) is 12.4 Å². The van der Waals surface area contributed by atoms with Crippen molar-refractivity contribution in [2.24, 2.45) is 0 Å². The lowest BCUT2D eigenvalue weighted by molar-refractivity contribution is -0.142. The van der Waals surface area contributed by atoms with Gasteiger partial charge in [-0.25, -0.2) is 9.50 Å². The Morgan fingerprint density at radius 1 is 0.975 bits per heavy atom. The number of nitrogens with one attached hydrogen (secondary N) is 1. The Bertz CT molecular complexity index is 1770. The molecule has 0 fully saturated rings. The average Bonchev–Trinajstić information content (AvgIpc) is 3.37. The molecule has 0 aliphatic heterocycles. The van der Waals surface area contributed by atoms with E-state index in [1.807, 2.05) is 0 Å². The molecule has 2 heterocycles. The van der Waals surface area contributed by atoms with E-state index in [9.17, 15) is 22.8 Å². The first kappa shape index (κ1) is 27.4. The second kappa shape index (κ2) is 10.7. The number of hydrogen-bond donors (Lipinski definition) is 1. The second-order valence-corrected chi connectivity index (χ2v) is 9.83. The molecular formula is C28H17BrClF3N4O3. The van der Waals surface area contributed by atoms with Gasteiger partial charge in [0.2, 0.25) is 0 Å². The minimum Gasteiger partial charge on any atom is -0.497 e. The molecule has 0 spiro atoms. The molecule has 3 aromatic carbocycles. The number of benzene rings is 3. The van der Waals surface area contributed by atoms with E-state index in [0.29, 0.717) is 20.3 Å². The van der Waals surface area contributed by atoms with Crippen LogP contribution in [-0.2, 0) is 6.18 Å². The zero-order valence-corrected chi connectivity index (χ0v) is 22.8. The Kier molecular flexibility index (Phi) is 7.35. The van der Waals surface area contributed by atoms with Gasteiger partial charge in [-0.05, 0) is 60.7 Å². The number of alkyl halides is 3. The highest BCUT2D eigenvalue weighted by Crippen LogP contribution is 2.33. The molecule has 1 N–H and O–H groups in total. The van der Waals surface area contributed by atoms with Crippen LogP contribution in [0, 0.1) is 0 Å². The monoisotopic (exact) mass is 628 g/mol. The summed E-state index contributed by atoms with van der Waals surface area (Å²) >= 11 is 9.51. The summed E-state index contributed by atoms with van der Waals surface area (Å²) in [6, 6.07) is 19.4. The van der Waals surface area contributed by atoms with Crippen molar-refractivity contribution in [3.8, 4) is 17.0 Å². The maximum absolute atomic E-state index is 14.0. The van der Waals surface area contributed by atoms with Gasteiger partial charge in [0.25, 0.3) is 5.91 Å². The van der Waals surface area contributed by atoms with E-state index < -0.39 is 23.6 Å². The zero-order chi connectivity index (χ0) is 28.6. The molecule has 0 saturated heterocycles. The third kappa shape index (κ3) is 5.43. The predicted molar refractivity (Wildman–Crippen MR) is 147 cm³/mol. The van der Waals surface area contributed by atoms with Crippen LogP contribution in [0.2, 0.25) is 5.02 Å². The number of halogens is 5. The number of nitrogens with zero attached hydrogens (tertiary/aromatic N) is 3. The summed E-state index contributed by atoms with van der Waals surface area (Å²) in [5, 5.41) is 6.69. The maximum Gasteiger partial charge on any atom is 0.433 e. The van der Waals surface area contributed by atoms with Crippen LogP contribution in [0.1, 0.15) is 32.1 Å². The molecule has 12 heteroatoms. The first-order chi connectivity index (χ1) is 19.0. The Morgan fingerprint density at radius 3 is 2.38 bits per heavy atom. The van der Waals surface area contributed by atoms with Crippen molar-refractivity contribution in [2.45, 2.75) is 6.18 Å². The summed E-state index contributed by atoms with van der Waals surface area (Å²) in [5.41, 5.74) is -0.712. The van der Waals surface area contributed by atoms with Gasteiger partial charge in [-0.2, -0.15) is 18.3 Å². The van der Waals surface area contributed by atoms with Crippen molar-refractivity contribution in [3.63, 3.8) is 0 Å². The summed E-state index contributed by atoms with van der Waals surface area (Å²) in [4.78, 5) is 30.7. The van der Waals surface area contributed by atoms with E-state index in [4.69, 9.17) is 16.3 Å². The van der Waals surface area contributed by atoms with Crippen LogP contribution in [-0.4, -0.2) is 33.4 Å². The number of aromatic nitrogens is 3. The van der Waals surface area contributed by atoms with Gasteiger partial charge in [-0.1, -0.05) is 39.7 Å². The van der Waals surface area contributed by atoms with Gasteiger partial charge in [-0.15, -0.1) is 0 Å². The maximum atomic E-state index is 14.0. The van der Waals surface area contributed by atoms with Crippen LogP contribution in [0.15, 0.2) is 83.3 Å². The smallest absolute Gasteiger partial charge is 0.433 e. The number of rotatable bonds is 6. The van der Waals surface area contributed by atoms with Crippen molar-refractivity contribution in [1.82, 2.24) is 14.6 Å². The third-order valence-electron chi connectivity index (χ3n) is 5.93. The summed E-state index contributed by atoms with van der Waals surface area (Å²) in [5.74, 6) is -0.757. The van der Waals surface area contributed by atoms with Crippen molar-refractivity contribution in [1.29, 1.82) is 0 Å². The number of carbonyl (C=O) groups excluding carboxylic acids is 2. The molecule has 0 atom stereocenters. The number of ether oxygens (including phenoxy) is 1. The van der Waals surface area contributed by atoms with E-state index in [0.717, 1.165) is 12.1 Å². The third-order valence-corrected chi connectivity index (χ3v) is 6.75. The summed E-state index contributed by atoms with van der Waals surface area (Å²) in [6.45, 7) is 0. The van der Waals surface area contributed by atoms with Crippen molar-refractivity contribution >= 4 is 50.6 Å². The van der Waals surface area contributed by atoms with Gasteiger partial charge in [0.15, 0.2) is 22.8 Å². The molecule has 5 aromatic rings. The number of carbonyl (C=O) groups is 2. The fourth-order valence-corrected chi connectivity index (χ4v) is 4.57. The van der Waals surface area contributed by atoms with E-state index in [2.05, 4.69) is 31.3 Å². The Hall–Kier alpha value is -4.22. The fraction of sp³-hybridized carbons (Fsp3) is 0.0714. The van der Waals surface area contributed by atoms with Crippen LogP contribution in [0.5, 0.6) is 5.75 Å². The van der Waals surface area contributed by atoms with Gasteiger partial charge in [0, 0.05) is 27.2 Å². The van der Waals surface area contributed by atoms with Crippen LogP contribution >= 0.6 is 27.5 Å². The Labute approximate surface area is 238 Å². The van der Waals surface area contributed by atoms with Gasteiger partial charge < -0.3 is 10.1 Å². The molecule has 7 nitrogen and oxygen atoms in total. The molecular weight excluding hydrogens is 613 g/mol. The van der Waals surface area contributed by atoms with Gasteiger partial charge in [0.1, 0.15) is 5.75 Å². The minimum atomic E-state index is -4.79. The Morgan fingerprint density at radius 2 is 1.70 bits per heavy atom. The molecule has 0 radical (unpaired) electrons. The van der Waals surface area contributed by atoms with Crippen LogP contribution in [0.3, 0.4) is 0 Å². The highest BCUT2D eigenvalue weighted by Gasteiger charge is 2.36. The van der Waals surface area contributed by atoms with Crippen LogP contribution < -0.4 is 10.1 Å². The average molecular weight is 630 g/mol. The molecule has 0 saturated carbocycles. The molecule has 2 aromatic heterocycles. The van der Waals surface area contributed by atoms with Crippen molar-refractivity contribution in [3.05, 3.63) is 111 Å². The summed E-state index contributed by atoms with van der Waals surface area (Å²) in [7, 11) is 1.48. The number of fused-ring (bicyclic) bond motifs is 1. The quantitative estimate of drug-likeness (QED) is 0.199. The van der Waals surface area contributed by atoms with Gasteiger partial charge in [0.05, 0.1) is 23.5 Å². The molecule has 202 valence electrons. The molecule has 0 bridgehead atoms. The van der Waals surface area contributed by atoms with Crippen molar-refractivity contribution < 1.29 is 27.5 Å². The first-order valence-corrected chi connectivity index (χ1v) is 12.7. The van der Waals surface area contributed by atoms with E-state index in [1.165, 1.54) is 19.2 Å². The highest BCUT2D eigenvalue weighted by molar-refractivity contribution is 9.10. The molecule has 0 unspecified atom stereocenters. The lowest BCUT2D eigenvalue weighted by Crippen LogP contribution is -2.17. The topological polar surface area (TPSA) is 85.6 Å². The Balaban J connectivity index is 1.53. The predicted octanol–water partition coefficient (Wildman–Crippen LogP) is 7.32. The first-order valence-electron chi connectivity index (χ1n) is 11.6. The normalized spacial score (nSPS) is 11.4. The number of amides is 1. The lowest BCUT2D eigenvalue weighted by Gasteiger charge is -2.12. The molecule has 0 aliphatic rings. The number of anilines is 1. The largest absolute Gasteiger partial charge is 0.497 e. The SMILES string of the molecule is COc1ccc(-c2cc(C(F)(F)F)n3nc(C(=O)Nc4ccc(Br)cc4C(=O)c4ccccc4Cl)cc3n2)cc1. The second-order valence-electron chi connectivity index (χ2n) is 8.51. The van der Waals surface area contributed by atoms with Gasteiger partial charge >= 0.3 is 6.18 Å². The number of hydrogen-bond acceptors (Lipinski definition) is 5. The molecule has 40 heavy (non-hydrogen) atoms. The number of ketones is 1. The summed E-state index contributed by atoms with van der Waals surface area (Å²) in [6.07, 6.45) is -4.79. The zero-order valence-electron chi connectivity index (χ0n) is 20.5. The number of methoxy groups -OCH3 is 1. The molecule has 0 aliphatic carbocycles. The van der Waals surface area contributed by atoms with Crippen LogP contribution in [0.4, 0.5) is 18.9 Å². The standard InChI is InChI=1S/C28H17BrClF3N4O3/c1-40-17-9-6-15(7-10-17)22-13-24(28(31,32)33)37-25(34-22)14-23(36-37)27(39)35-21-11-8-16(29)12-19(21)26(38)18-4-2-3-5-20(18)30/h2-14H,1H3,(H,35,39). The van der Waals surface area contributed by atoms with Gasteiger partial charge in [-0.3, -0.25) is 9.59 Å². The van der Waals surface area contributed by atoms with E-state index in [-0.39, 0.29) is 38.9 Å². The highest BCUT2D eigenvalue weighted by atomic mass is 79.9. The lowest BCUT2D eigenvalue weighted by atomic mass is 10.0. The van der Waals surface area contributed by atoms with E-state index in [1.54, 1.807) is 54.6 Å². The molecule has 5 rings (SSSR count). The fourth-order valence-electron chi connectivity index (χ4n) is 3.99. The summed E-state index contributed by atoms with van der Waals surface area (Å²) < 4.78 is 48.2. The van der Waals surface area contributed by atoms with Crippen LogP contribution in [0.25, 0.3) is 16.9 Å².